The zero-order valence-electron chi connectivity index (χ0n) is 11.5. The summed E-state index contributed by atoms with van der Waals surface area (Å²) in [4.78, 5) is 4.67. The van der Waals surface area contributed by atoms with E-state index < -0.39 is 0 Å². The summed E-state index contributed by atoms with van der Waals surface area (Å²) < 4.78 is 0. The van der Waals surface area contributed by atoms with Gasteiger partial charge in [0.25, 0.3) is 0 Å². The van der Waals surface area contributed by atoms with Gasteiger partial charge in [0, 0.05) is 5.69 Å². The molecule has 98 valence electrons. The highest BCUT2D eigenvalue weighted by Crippen LogP contribution is 2.53. The summed E-state index contributed by atoms with van der Waals surface area (Å²) in [6.45, 7) is 2.05. The largest absolute Gasteiger partial charge is 0.311 e. The molecule has 0 amide bonds. The normalized spacial score (nSPS) is 23.1. The van der Waals surface area contributed by atoms with Gasteiger partial charge in [-0.05, 0) is 49.9 Å². The number of aryl methyl sites for hydroxylation is 1. The highest BCUT2D eigenvalue weighted by molar-refractivity contribution is 5.29. The third-order valence-corrected chi connectivity index (χ3v) is 4.04. The fraction of sp³-hybridized carbons (Fsp3) is 0.353. The van der Waals surface area contributed by atoms with Crippen LogP contribution in [0.2, 0.25) is 0 Å². The van der Waals surface area contributed by atoms with Crippen molar-refractivity contribution in [1.29, 1.82) is 0 Å². The lowest BCUT2D eigenvalue weighted by Crippen LogP contribution is -2.20. The van der Waals surface area contributed by atoms with Gasteiger partial charge in [-0.1, -0.05) is 36.4 Å². The van der Waals surface area contributed by atoms with E-state index in [4.69, 9.17) is 0 Å². The molecule has 3 unspecified atom stereocenters. The molecule has 2 nitrogen and oxygen atoms in total. The van der Waals surface area contributed by atoms with E-state index in [0.717, 1.165) is 5.69 Å². The van der Waals surface area contributed by atoms with E-state index in [1.54, 1.807) is 0 Å². The van der Waals surface area contributed by atoms with Crippen molar-refractivity contribution >= 4 is 0 Å². The first-order chi connectivity index (χ1) is 9.29. The van der Waals surface area contributed by atoms with Gasteiger partial charge in [0.2, 0.25) is 0 Å². The summed E-state index contributed by atoms with van der Waals surface area (Å²) in [5.41, 5.74) is 3.72. The molecule has 1 N–H and O–H groups in total. The molecule has 0 radical (unpaired) electrons. The van der Waals surface area contributed by atoms with Crippen LogP contribution in [0.15, 0.2) is 48.5 Å². The number of nitrogens with zero attached hydrogens (tertiary/aromatic N) is 1. The highest BCUT2D eigenvalue weighted by atomic mass is 14.9. The summed E-state index contributed by atoms with van der Waals surface area (Å²) in [5.74, 6) is 1.35. The molecule has 0 saturated heterocycles. The number of aromatic nitrogens is 1. The van der Waals surface area contributed by atoms with Gasteiger partial charge in [-0.25, -0.2) is 0 Å². The SMILES string of the molecule is CNC(c1cccc(C)n1)C1CC1c1ccccc1. The second-order valence-corrected chi connectivity index (χ2v) is 5.39. The van der Waals surface area contributed by atoms with E-state index >= 15 is 0 Å². The van der Waals surface area contributed by atoms with Crippen LogP contribution in [0.4, 0.5) is 0 Å². The summed E-state index contributed by atoms with van der Waals surface area (Å²) in [6, 6.07) is 17.5. The predicted molar refractivity (Wildman–Crippen MR) is 78.1 cm³/mol. The Balaban J connectivity index is 1.79. The number of pyridine rings is 1. The number of benzene rings is 1. The number of hydrogen-bond donors (Lipinski definition) is 1. The maximum absolute atomic E-state index is 4.67. The molecule has 2 heteroatoms. The molecule has 3 atom stereocenters. The molecule has 3 rings (SSSR count). The van der Waals surface area contributed by atoms with E-state index in [1.807, 2.05) is 7.05 Å². The Kier molecular flexibility index (Phi) is 3.34. The fourth-order valence-corrected chi connectivity index (χ4v) is 2.99. The fourth-order valence-electron chi connectivity index (χ4n) is 2.99. The van der Waals surface area contributed by atoms with Crippen molar-refractivity contribution in [2.24, 2.45) is 5.92 Å². The topological polar surface area (TPSA) is 24.9 Å². The molecule has 1 aliphatic carbocycles. The van der Waals surface area contributed by atoms with Crippen LogP contribution in [-0.2, 0) is 0 Å². The van der Waals surface area contributed by atoms with E-state index in [0.29, 0.717) is 17.9 Å². The quantitative estimate of drug-likeness (QED) is 0.901. The molecule has 19 heavy (non-hydrogen) atoms. The number of nitrogens with one attached hydrogen (secondary N) is 1. The smallest absolute Gasteiger partial charge is 0.0579 e. The minimum Gasteiger partial charge on any atom is -0.311 e. The Morgan fingerprint density at radius 2 is 1.89 bits per heavy atom. The van der Waals surface area contributed by atoms with Gasteiger partial charge in [-0.2, -0.15) is 0 Å². The molecule has 1 saturated carbocycles. The molecule has 0 bridgehead atoms. The van der Waals surface area contributed by atoms with E-state index in [-0.39, 0.29) is 0 Å². The van der Waals surface area contributed by atoms with Crippen molar-refractivity contribution < 1.29 is 0 Å². The molecule has 2 aromatic rings. The Labute approximate surface area is 114 Å². The molecule has 1 aliphatic rings. The van der Waals surface area contributed by atoms with Crippen LogP contribution in [0.1, 0.15) is 35.3 Å². The Hall–Kier alpha value is -1.67. The number of rotatable bonds is 4. The molecule has 0 aliphatic heterocycles. The van der Waals surface area contributed by atoms with Crippen LogP contribution >= 0.6 is 0 Å². The minimum absolute atomic E-state index is 0.366. The van der Waals surface area contributed by atoms with Crippen LogP contribution < -0.4 is 5.32 Å². The van der Waals surface area contributed by atoms with Gasteiger partial charge in [0.15, 0.2) is 0 Å². The molecule has 1 aromatic carbocycles. The Morgan fingerprint density at radius 1 is 1.11 bits per heavy atom. The van der Waals surface area contributed by atoms with E-state index in [9.17, 15) is 0 Å². The average molecular weight is 252 g/mol. The summed E-state index contributed by atoms with van der Waals surface area (Å²) >= 11 is 0. The maximum Gasteiger partial charge on any atom is 0.0579 e. The molecule has 1 heterocycles. The van der Waals surface area contributed by atoms with Crippen molar-refractivity contribution in [3.63, 3.8) is 0 Å². The van der Waals surface area contributed by atoms with Gasteiger partial charge in [-0.15, -0.1) is 0 Å². The lowest BCUT2D eigenvalue weighted by atomic mass is 10.0. The van der Waals surface area contributed by atoms with Gasteiger partial charge < -0.3 is 5.32 Å². The third-order valence-electron chi connectivity index (χ3n) is 4.04. The maximum atomic E-state index is 4.67. The van der Waals surface area contributed by atoms with Crippen LogP contribution in [0.25, 0.3) is 0 Å². The van der Waals surface area contributed by atoms with Crippen molar-refractivity contribution in [1.82, 2.24) is 10.3 Å². The first-order valence-corrected chi connectivity index (χ1v) is 6.95. The van der Waals surface area contributed by atoms with Crippen molar-refractivity contribution in [3.05, 3.63) is 65.5 Å². The first kappa shape index (κ1) is 12.4. The second-order valence-electron chi connectivity index (χ2n) is 5.39. The van der Waals surface area contributed by atoms with Gasteiger partial charge in [-0.3, -0.25) is 4.98 Å². The average Bonchev–Trinajstić information content (AvgIpc) is 3.21. The summed E-state index contributed by atoms with van der Waals surface area (Å²) in [6.07, 6.45) is 1.26. The van der Waals surface area contributed by atoms with E-state index in [2.05, 4.69) is 65.8 Å². The summed E-state index contributed by atoms with van der Waals surface area (Å²) in [7, 11) is 2.04. The van der Waals surface area contributed by atoms with Gasteiger partial charge in [0.1, 0.15) is 0 Å². The summed E-state index contributed by atoms with van der Waals surface area (Å²) in [5, 5.41) is 3.44. The van der Waals surface area contributed by atoms with Crippen molar-refractivity contribution in [2.45, 2.75) is 25.3 Å². The van der Waals surface area contributed by atoms with Gasteiger partial charge in [0.05, 0.1) is 11.7 Å². The van der Waals surface area contributed by atoms with Crippen LogP contribution in [0, 0.1) is 12.8 Å². The predicted octanol–water partition coefficient (Wildman–Crippen LogP) is 3.45. The number of hydrogen-bond acceptors (Lipinski definition) is 2. The monoisotopic (exact) mass is 252 g/mol. The highest BCUT2D eigenvalue weighted by Gasteiger charge is 2.44. The molecule has 1 fully saturated rings. The Morgan fingerprint density at radius 3 is 2.58 bits per heavy atom. The zero-order chi connectivity index (χ0) is 13.2. The standard InChI is InChI=1S/C17H20N2/c1-12-7-6-10-16(19-12)17(18-2)15-11-14(15)13-8-4-3-5-9-13/h3-10,14-15,17-18H,11H2,1-2H3. The van der Waals surface area contributed by atoms with Gasteiger partial charge >= 0.3 is 0 Å². The third kappa shape index (κ3) is 2.54. The molecule has 0 spiro atoms. The van der Waals surface area contributed by atoms with Crippen molar-refractivity contribution in [2.75, 3.05) is 7.05 Å². The molecule has 1 aromatic heterocycles. The minimum atomic E-state index is 0.366. The first-order valence-electron chi connectivity index (χ1n) is 6.95. The lowest BCUT2D eigenvalue weighted by Gasteiger charge is -2.16. The lowest BCUT2D eigenvalue weighted by molar-refractivity contribution is 0.504. The van der Waals surface area contributed by atoms with Crippen LogP contribution in [0.5, 0.6) is 0 Å². The molecular weight excluding hydrogens is 232 g/mol. The van der Waals surface area contributed by atoms with E-state index in [1.165, 1.54) is 17.7 Å². The molecular formula is C17H20N2. The Bertz CT molecular complexity index is 550. The van der Waals surface area contributed by atoms with Crippen LogP contribution in [-0.4, -0.2) is 12.0 Å². The van der Waals surface area contributed by atoms with Crippen molar-refractivity contribution in [3.8, 4) is 0 Å². The van der Waals surface area contributed by atoms with Crippen LogP contribution in [0.3, 0.4) is 0 Å². The zero-order valence-corrected chi connectivity index (χ0v) is 11.5. The second kappa shape index (κ2) is 5.14.